The molecule has 1 aromatic heterocycles. The van der Waals surface area contributed by atoms with Crippen LogP contribution in [0.1, 0.15) is 21.0 Å². The third-order valence-electron chi connectivity index (χ3n) is 1.87. The lowest BCUT2D eigenvalue weighted by Gasteiger charge is -2.02. The van der Waals surface area contributed by atoms with Crippen molar-refractivity contribution in [3.8, 4) is 0 Å². The van der Waals surface area contributed by atoms with E-state index in [-0.39, 0.29) is 11.4 Å². The summed E-state index contributed by atoms with van der Waals surface area (Å²) < 4.78 is 10.5. The molecule has 6 nitrogen and oxygen atoms in total. The summed E-state index contributed by atoms with van der Waals surface area (Å²) in [7, 11) is 2.52. The molecule has 1 rings (SSSR count). The molecule has 0 bridgehead atoms. The van der Waals surface area contributed by atoms with Crippen LogP contribution in [0.15, 0.2) is 6.07 Å². The van der Waals surface area contributed by atoms with Crippen molar-refractivity contribution in [3.63, 3.8) is 0 Å². The van der Waals surface area contributed by atoms with Crippen molar-refractivity contribution in [1.82, 2.24) is 9.78 Å². The molecule has 7 heteroatoms. The minimum absolute atomic E-state index is 0.0869. The highest BCUT2D eigenvalue weighted by Gasteiger charge is 2.19. The maximum Gasteiger partial charge on any atom is 0.358 e. The van der Waals surface area contributed by atoms with E-state index in [9.17, 15) is 9.59 Å². The van der Waals surface area contributed by atoms with Crippen LogP contribution in [0.4, 0.5) is 0 Å². The van der Waals surface area contributed by atoms with E-state index >= 15 is 0 Å². The summed E-state index contributed by atoms with van der Waals surface area (Å²) in [4.78, 5) is 22.6. The Morgan fingerprint density at radius 3 is 2.50 bits per heavy atom. The molecule has 0 spiro atoms. The van der Waals surface area contributed by atoms with E-state index in [1.54, 1.807) is 0 Å². The Balaban J connectivity index is 3.09. The molecule has 0 saturated carbocycles. The summed E-state index contributed by atoms with van der Waals surface area (Å²) in [6.07, 6.45) is 0. The van der Waals surface area contributed by atoms with Gasteiger partial charge in [-0.15, -0.1) is 0 Å². The van der Waals surface area contributed by atoms with Gasteiger partial charge in [0.05, 0.1) is 20.8 Å². The van der Waals surface area contributed by atoms with Crippen molar-refractivity contribution < 1.29 is 19.1 Å². The lowest BCUT2D eigenvalue weighted by molar-refractivity contribution is 0.0581. The Labute approximate surface area is 101 Å². The maximum atomic E-state index is 11.4. The van der Waals surface area contributed by atoms with Crippen molar-refractivity contribution in [2.75, 3.05) is 19.5 Å². The van der Waals surface area contributed by atoms with Crippen LogP contribution in [0.25, 0.3) is 0 Å². The summed E-state index contributed by atoms with van der Waals surface area (Å²) in [6, 6.07) is 1.35. The van der Waals surface area contributed by atoms with Crippen molar-refractivity contribution >= 4 is 27.9 Å². The molecule has 16 heavy (non-hydrogen) atoms. The number of hydrogen-bond donors (Lipinski definition) is 0. The number of rotatable bonds is 4. The zero-order valence-electron chi connectivity index (χ0n) is 8.90. The molecule has 0 aliphatic rings. The van der Waals surface area contributed by atoms with Crippen LogP contribution in [-0.2, 0) is 16.0 Å². The normalized spacial score (nSPS) is 9.94. The van der Waals surface area contributed by atoms with E-state index < -0.39 is 11.9 Å². The van der Waals surface area contributed by atoms with Crippen LogP contribution in [0.5, 0.6) is 0 Å². The zero-order valence-corrected chi connectivity index (χ0v) is 10.5. The first-order valence-electron chi connectivity index (χ1n) is 4.44. The molecule has 1 heterocycles. The minimum Gasteiger partial charge on any atom is -0.464 e. The van der Waals surface area contributed by atoms with Crippen LogP contribution in [0.3, 0.4) is 0 Å². The minimum atomic E-state index is -0.585. The topological polar surface area (TPSA) is 70.4 Å². The predicted octanol–water partition coefficient (Wildman–Crippen LogP) is 0.851. The maximum absolute atomic E-state index is 11.4. The van der Waals surface area contributed by atoms with Gasteiger partial charge in [-0.05, 0) is 0 Å². The van der Waals surface area contributed by atoms with Gasteiger partial charge in [-0.1, -0.05) is 15.9 Å². The first kappa shape index (κ1) is 12.7. The Bertz CT molecular complexity index is 402. The second-order valence-electron chi connectivity index (χ2n) is 2.81. The molecule has 0 atom stereocenters. The number of esters is 2. The highest BCUT2D eigenvalue weighted by molar-refractivity contribution is 9.09. The third kappa shape index (κ3) is 2.60. The molecule has 0 N–H and O–H groups in total. The fourth-order valence-corrected chi connectivity index (χ4v) is 1.48. The highest BCUT2D eigenvalue weighted by atomic mass is 79.9. The molecule has 0 aliphatic carbocycles. The Morgan fingerprint density at radius 2 is 2.00 bits per heavy atom. The first-order valence-corrected chi connectivity index (χ1v) is 5.56. The van der Waals surface area contributed by atoms with Gasteiger partial charge in [-0.25, -0.2) is 9.59 Å². The average molecular weight is 291 g/mol. The SMILES string of the molecule is COC(=O)c1cc(C(=O)OC)n(CCBr)n1. The Kier molecular flexibility index (Phi) is 4.48. The second kappa shape index (κ2) is 5.64. The number of nitrogens with zero attached hydrogens (tertiary/aromatic N) is 2. The van der Waals surface area contributed by atoms with Gasteiger partial charge >= 0.3 is 11.9 Å². The van der Waals surface area contributed by atoms with Crippen LogP contribution in [0, 0.1) is 0 Å². The lowest BCUT2D eigenvalue weighted by atomic mass is 10.3. The van der Waals surface area contributed by atoms with Gasteiger partial charge < -0.3 is 9.47 Å². The standard InChI is InChI=1S/C9H11BrN2O4/c1-15-8(13)6-5-7(9(14)16-2)12(11-6)4-3-10/h5H,3-4H2,1-2H3. The van der Waals surface area contributed by atoms with Gasteiger partial charge in [0.2, 0.25) is 0 Å². The first-order chi connectivity index (χ1) is 7.63. The molecule has 0 fully saturated rings. The van der Waals surface area contributed by atoms with Crippen molar-refractivity contribution in [2.24, 2.45) is 0 Å². The number of alkyl halides is 1. The van der Waals surface area contributed by atoms with Crippen LogP contribution < -0.4 is 0 Å². The molecular weight excluding hydrogens is 280 g/mol. The quantitative estimate of drug-likeness (QED) is 0.607. The molecule has 0 saturated heterocycles. The molecule has 0 radical (unpaired) electrons. The molecule has 0 aliphatic heterocycles. The summed E-state index contributed by atoms with van der Waals surface area (Å²) in [5.41, 5.74) is 0.311. The fourth-order valence-electron chi connectivity index (χ4n) is 1.14. The van der Waals surface area contributed by atoms with Gasteiger partial charge in [0.15, 0.2) is 5.69 Å². The summed E-state index contributed by atoms with van der Waals surface area (Å²) in [6.45, 7) is 0.460. The Hall–Kier alpha value is -1.37. The summed E-state index contributed by atoms with van der Waals surface area (Å²) in [5.74, 6) is -1.12. The van der Waals surface area contributed by atoms with Crippen LogP contribution >= 0.6 is 15.9 Å². The monoisotopic (exact) mass is 290 g/mol. The van der Waals surface area contributed by atoms with Gasteiger partial charge in [-0.2, -0.15) is 5.10 Å². The van der Waals surface area contributed by atoms with Gasteiger partial charge in [0.25, 0.3) is 0 Å². The van der Waals surface area contributed by atoms with Crippen molar-refractivity contribution in [2.45, 2.75) is 6.54 Å². The molecule has 88 valence electrons. The second-order valence-corrected chi connectivity index (χ2v) is 3.60. The van der Waals surface area contributed by atoms with Crippen LogP contribution in [0.2, 0.25) is 0 Å². The molecule has 0 aromatic carbocycles. The largest absolute Gasteiger partial charge is 0.464 e. The van der Waals surface area contributed by atoms with E-state index in [2.05, 4.69) is 30.5 Å². The number of methoxy groups -OCH3 is 2. The average Bonchev–Trinajstić information content (AvgIpc) is 2.71. The number of hydrogen-bond acceptors (Lipinski definition) is 5. The van der Waals surface area contributed by atoms with Crippen molar-refractivity contribution in [1.29, 1.82) is 0 Å². The molecular formula is C9H11BrN2O4. The molecule has 1 aromatic rings. The summed E-state index contributed by atoms with van der Waals surface area (Å²) >= 11 is 3.23. The summed E-state index contributed by atoms with van der Waals surface area (Å²) in [5, 5.41) is 4.56. The molecule has 0 unspecified atom stereocenters. The third-order valence-corrected chi connectivity index (χ3v) is 2.22. The van der Waals surface area contributed by atoms with Gasteiger partial charge in [-0.3, -0.25) is 4.68 Å². The lowest BCUT2D eigenvalue weighted by Crippen LogP contribution is -2.12. The van der Waals surface area contributed by atoms with E-state index in [0.29, 0.717) is 11.9 Å². The number of carbonyl (C=O) groups is 2. The van der Waals surface area contributed by atoms with Gasteiger partial charge in [0, 0.05) is 11.4 Å². The number of ether oxygens (including phenoxy) is 2. The number of carbonyl (C=O) groups excluding carboxylic acids is 2. The van der Waals surface area contributed by atoms with E-state index in [4.69, 9.17) is 0 Å². The molecule has 0 amide bonds. The zero-order chi connectivity index (χ0) is 12.1. The van der Waals surface area contributed by atoms with Crippen LogP contribution in [-0.4, -0.2) is 41.3 Å². The van der Waals surface area contributed by atoms with Gasteiger partial charge in [0.1, 0.15) is 5.69 Å². The predicted molar refractivity (Wildman–Crippen MR) is 58.7 cm³/mol. The number of halogens is 1. The number of aromatic nitrogens is 2. The smallest absolute Gasteiger partial charge is 0.358 e. The Morgan fingerprint density at radius 1 is 1.38 bits per heavy atom. The van der Waals surface area contributed by atoms with Crippen molar-refractivity contribution in [3.05, 3.63) is 17.5 Å². The fraction of sp³-hybridized carbons (Fsp3) is 0.444. The van der Waals surface area contributed by atoms with E-state index in [0.717, 1.165) is 0 Å². The van der Waals surface area contributed by atoms with E-state index in [1.165, 1.54) is 25.0 Å². The van der Waals surface area contributed by atoms with E-state index in [1.807, 2.05) is 0 Å². The highest BCUT2D eigenvalue weighted by Crippen LogP contribution is 2.08. The number of aryl methyl sites for hydroxylation is 1.